The summed E-state index contributed by atoms with van der Waals surface area (Å²) in [5.74, 6) is 1.24. The van der Waals surface area contributed by atoms with Gasteiger partial charge in [-0.15, -0.1) is 10.2 Å². The summed E-state index contributed by atoms with van der Waals surface area (Å²) >= 11 is 0. The van der Waals surface area contributed by atoms with Gasteiger partial charge >= 0.3 is 0 Å². The number of hydrogen-bond acceptors (Lipinski definition) is 5. The van der Waals surface area contributed by atoms with E-state index < -0.39 is 0 Å². The quantitative estimate of drug-likeness (QED) is 0.816. The summed E-state index contributed by atoms with van der Waals surface area (Å²) in [7, 11) is 0. The Morgan fingerprint density at radius 2 is 2.25 bits per heavy atom. The van der Waals surface area contributed by atoms with E-state index in [1.807, 2.05) is 4.57 Å². The van der Waals surface area contributed by atoms with Crippen LogP contribution in [0.25, 0.3) is 11.5 Å². The van der Waals surface area contributed by atoms with Crippen LogP contribution in [0.3, 0.4) is 0 Å². The summed E-state index contributed by atoms with van der Waals surface area (Å²) in [5.41, 5.74) is 0.718. The molecular formula is C10H13N5O. The molecule has 0 fully saturated rings. The molecule has 0 radical (unpaired) electrons. The van der Waals surface area contributed by atoms with E-state index >= 15 is 0 Å². The van der Waals surface area contributed by atoms with E-state index in [0.29, 0.717) is 11.6 Å². The highest BCUT2D eigenvalue weighted by molar-refractivity contribution is 5.48. The molecule has 0 saturated heterocycles. The van der Waals surface area contributed by atoms with Gasteiger partial charge in [-0.2, -0.15) is 0 Å². The van der Waals surface area contributed by atoms with Gasteiger partial charge in [0.1, 0.15) is 18.6 Å². The molecule has 2 aromatic heterocycles. The zero-order valence-corrected chi connectivity index (χ0v) is 9.04. The van der Waals surface area contributed by atoms with Crippen LogP contribution in [0.5, 0.6) is 0 Å². The number of aromatic nitrogens is 5. The minimum Gasteiger partial charge on any atom is -0.388 e. The van der Waals surface area contributed by atoms with Crippen molar-refractivity contribution < 1.29 is 5.11 Å². The van der Waals surface area contributed by atoms with E-state index in [0.717, 1.165) is 18.7 Å². The van der Waals surface area contributed by atoms with Crippen LogP contribution in [-0.2, 0) is 13.2 Å². The maximum absolute atomic E-state index is 9.15. The van der Waals surface area contributed by atoms with E-state index in [4.69, 9.17) is 5.11 Å². The lowest BCUT2D eigenvalue weighted by Gasteiger charge is -2.06. The highest BCUT2D eigenvalue weighted by Gasteiger charge is 2.12. The first kappa shape index (κ1) is 10.7. The molecule has 0 aromatic carbocycles. The van der Waals surface area contributed by atoms with Crippen molar-refractivity contribution in [2.24, 2.45) is 0 Å². The number of aliphatic hydroxyl groups is 1. The molecule has 0 amide bonds. The highest BCUT2D eigenvalue weighted by Crippen LogP contribution is 2.15. The lowest BCUT2D eigenvalue weighted by atomic mass is 10.3. The summed E-state index contributed by atoms with van der Waals surface area (Å²) < 4.78 is 1.88. The average Bonchev–Trinajstić information content (AvgIpc) is 2.74. The van der Waals surface area contributed by atoms with Crippen LogP contribution in [0.15, 0.2) is 18.6 Å². The highest BCUT2D eigenvalue weighted by atomic mass is 16.3. The Balaban J connectivity index is 2.44. The fraction of sp³-hybridized carbons (Fsp3) is 0.400. The van der Waals surface area contributed by atoms with Gasteiger partial charge in [-0.05, 0) is 12.5 Å². The molecule has 0 saturated carbocycles. The van der Waals surface area contributed by atoms with Crippen molar-refractivity contribution in [1.82, 2.24) is 24.7 Å². The second kappa shape index (κ2) is 4.80. The third kappa shape index (κ3) is 1.92. The predicted molar refractivity (Wildman–Crippen MR) is 57.3 cm³/mol. The smallest absolute Gasteiger partial charge is 0.182 e. The van der Waals surface area contributed by atoms with Crippen LogP contribution in [0.1, 0.15) is 19.2 Å². The second-order valence-electron chi connectivity index (χ2n) is 3.34. The van der Waals surface area contributed by atoms with E-state index in [1.165, 1.54) is 6.33 Å². The third-order valence-electron chi connectivity index (χ3n) is 2.23. The molecular weight excluding hydrogens is 206 g/mol. The Labute approximate surface area is 93.0 Å². The van der Waals surface area contributed by atoms with Crippen LogP contribution < -0.4 is 0 Å². The Hall–Kier alpha value is -1.82. The minimum atomic E-state index is -0.113. The molecule has 2 heterocycles. The summed E-state index contributed by atoms with van der Waals surface area (Å²) in [4.78, 5) is 7.98. The normalized spacial score (nSPS) is 10.6. The Bertz CT molecular complexity index is 453. The molecule has 2 aromatic rings. The third-order valence-corrected chi connectivity index (χ3v) is 2.23. The molecule has 16 heavy (non-hydrogen) atoms. The van der Waals surface area contributed by atoms with E-state index in [1.54, 1.807) is 12.3 Å². The molecule has 0 spiro atoms. The molecule has 2 rings (SSSR count). The lowest BCUT2D eigenvalue weighted by Crippen LogP contribution is -2.05. The predicted octanol–water partition coefficient (Wildman–Crippen LogP) is 0.637. The average molecular weight is 219 g/mol. The molecule has 84 valence electrons. The van der Waals surface area contributed by atoms with Crippen molar-refractivity contribution in [3.05, 3.63) is 24.4 Å². The monoisotopic (exact) mass is 219 g/mol. The van der Waals surface area contributed by atoms with Crippen LogP contribution in [0.4, 0.5) is 0 Å². The summed E-state index contributed by atoms with van der Waals surface area (Å²) in [6, 6.07) is 1.78. The standard InChI is InChI=1S/C10H13N5O/c1-2-5-15-9(6-16)13-14-10(15)8-3-4-11-7-12-8/h3-4,7,16H,2,5-6H2,1H3. The first-order chi connectivity index (χ1) is 7.86. The van der Waals surface area contributed by atoms with Crippen molar-refractivity contribution >= 4 is 0 Å². The van der Waals surface area contributed by atoms with Gasteiger partial charge in [0.25, 0.3) is 0 Å². The van der Waals surface area contributed by atoms with E-state index in [-0.39, 0.29) is 6.61 Å². The molecule has 0 aliphatic heterocycles. The first-order valence-corrected chi connectivity index (χ1v) is 5.16. The summed E-state index contributed by atoms with van der Waals surface area (Å²) in [6.07, 6.45) is 4.08. The van der Waals surface area contributed by atoms with Gasteiger partial charge in [0.2, 0.25) is 0 Å². The van der Waals surface area contributed by atoms with Gasteiger partial charge in [0.05, 0.1) is 0 Å². The molecule has 6 nitrogen and oxygen atoms in total. The zero-order chi connectivity index (χ0) is 11.4. The van der Waals surface area contributed by atoms with Crippen molar-refractivity contribution in [2.45, 2.75) is 26.5 Å². The zero-order valence-electron chi connectivity index (χ0n) is 9.04. The van der Waals surface area contributed by atoms with Crippen molar-refractivity contribution in [2.75, 3.05) is 0 Å². The molecule has 0 bridgehead atoms. The van der Waals surface area contributed by atoms with Gasteiger partial charge in [0.15, 0.2) is 11.6 Å². The number of hydrogen-bond donors (Lipinski definition) is 1. The fourth-order valence-electron chi connectivity index (χ4n) is 1.52. The van der Waals surface area contributed by atoms with Gasteiger partial charge in [-0.1, -0.05) is 6.92 Å². The van der Waals surface area contributed by atoms with Crippen LogP contribution in [0, 0.1) is 0 Å². The fourth-order valence-corrected chi connectivity index (χ4v) is 1.52. The topological polar surface area (TPSA) is 76.7 Å². The van der Waals surface area contributed by atoms with E-state index in [2.05, 4.69) is 27.1 Å². The lowest BCUT2D eigenvalue weighted by molar-refractivity contribution is 0.264. The summed E-state index contributed by atoms with van der Waals surface area (Å²) in [5, 5.41) is 17.1. The molecule has 6 heteroatoms. The number of aliphatic hydroxyl groups excluding tert-OH is 1. The second-order valence-corrected chi connectivity index (χ2v) is 3.34. The Morgan fingerprint density at radius 3 is 2.88 bits per heavy atom. The maximum atomic E-state index is 9.15. The largest absolute Gasteiger partial charge is 0.388 e. The van der Waals surface area contributed by atoms with Crippen molar-refractivity contribution in [1.29, 1.82) is 0 Å². The number of nitrogens with zero attached hydrogens (tertiary/aromatic N) is 5. The van der Waals surface area contributed by atoms with Gasteiger partial charge in [-0.3, -0.25) is 0 Å². The number of rotatable bonds is 4. The summed E-state index contributed by atoms with van der Waals surface area (Å²) in [6.45, 7) is 2.71. The Kier molecular flexibility index (Phi) is 3.21. The van der Waals surface area contributed by atoms with Gasteiger partial charge < -0.3 is 9.67 Å². The van der Waals surface area contributed by atoms with Gasteiger partial charge in [0, 0.05) is 12.7 Å². The Morgan fingerprint density at radius 1 is 1.38 bits per heavy atom. The minimum absolute atomic E-state index is 0.113. The van der Waals surface area contributed by atoms with Crippen molar-refractivity contribution in [3.8, 4) is 11.5 Å². The molecule has 0 aliphatic rings. The molecule has 1 N–H and O–H groups in total. The van der Waals surface area contributed by atoms with Crippen LogP contribution in [-0.4, -0.2) is 29.8 Å². The molecule has 0 unspecified atom stereocenters. The molecule has 0 atom stereocenters. The van der Waals surface area contributed by atoms with Crippen LogP contribution >= 0.6 is 0 Å². The van der Waals surface area contributed by atoms with Crippen molar-refractivity contribution in [3.63, 3.8) is 0 Å². The van der Waals surface area contributed by atoms with E-state index in [9.17, 15) is 0 Å². The maximum Gasteiger partial charge on any atom is 0.182 e. The van der Waals surface area contributed by atoms with Crippen LogP contribution in [0.2, 0.25) is 0 Å². The SMILES string of the molecule is CCCn1c(CO)nnc1-c1ccncn1. The first-order valence-electron chi connectivity index (χ1n) is 5.16. The van der Waals surface area contributed by atoms with Gasteiger partial charge in [-0.25, -0.2) is 9.97 Å². The molecule has 0 aliphatic carbocycles.